The quantitative estimate of drug-likeness (QED) is 0.685. The van der Waals surface area contributed by atoms with Crippen molar-refractivity contribution >= 4 is 5.91 Å². The number of hydrogen-bond donors (Lipinski definition) is 3. The molecule has 92 valence electrons. The number of ether oxygens (including phenoxy) is 1. The van der Waals surface area contributed by atoms with E-state index in [1.807, 2.05) is 0 Å². The average molecular weight is 237 g/mol. The molecule has 1 aromatic rings. The van der Waals surface area contributed by atoms with Gasteiger partial charge in [-0.05, 0) is 31.0 Å². The number of amides is 1. The van der Waals surface area contributed by atoms with Crippen molar-refractivity contribution in [2.45, 2.75) is 18.9 Å². The fourth-order valence-corrected chi connectivity index (χ4v) is 1.81. The highest BCUT2D eigenvalue weighted by Crippen LogP contribution is 2.21. The molecule has 1 saturated heterocycles. The Hall–Kier alpha value is -1.75. The molecule has 2 rings (SSSR count). The van der Waals surface area contributed by atoms with Gasteiger partial charge in [0, 0.05) is 13.2 Å². The molecular formula is C12H15NO4. The Balaban J connectivity index is 1.96. The maximum Gasteiger partial charge on any atom is 0.255 e. The third kappa shape index (κ3) is 2.88. The van der Waals surface area contributed by atoms with Crippen molar-refractivity contribution in [1.29, 1.82) is 0 Å². The molecule has 17 heavy (non-hydrogen) atoms. The van der Waals surface area contributed by atoms with Gasteiger partial charge in [-0.2, -0.15) is 0 Å². The monoisotopic (exact) mass is 237 g/mol. The molecule has 1 aliphatic heterocycles. The molecule has 1 aromatic carbocycles. The van der Waals surface area contributed by atoms with Crippen LogP contribution in [-0.4, -0.2) is 35.4 Å². The van der Waals surface area contributed by atoms with Gasteiger partial charge in [-0.15, -0.1) is 0 Å². The Morgan fingerprint density at radius 3 is 3.00 bits per heavy atom. The normalized spacial score (nSPS) is 19.2. The second-order valence-corrected chi connectivity index (χ2v) is 4.05. The van der Waals surface area contributed by atoms with E-state index < -0.39 is 5.91 Å². The van der Waals surface area contributed by atoms with Gasteiger partial charge in [0.05, 0.1) is 11.7 Å². The SMILES string of the molecule is O=C(NCC1CCCO1)c1cc(O)ccc1O. The lowest BCUT2D eigenvalue weighted by atomic mass is 10.1. The van der Waals surface area contributed by atoms with E-state index in [1.165, 1.54) is 18.2 Å². The van der Waals surface area contributed by atoms with Gasteiger partial charge in [0.15, 0.2) is 0 Å². The first-order valence-corrected chi connectivity index (χ1v) is 5.58. The molecule has 0 bridgehead atoms. The van der Waals surface area contributed by atoms with E-state index in [0.29, 0.717) is 6.54 Å². The summed E-state index contributed by atoms with van der Waals surface area (Å²) < 4.78 is 5.37. The Morgan fingerprint density at radius 1 is 1.47 bits per heavy atom. The number of aromatic hydroxyl groups is 2. The predicted molar refractivity (Wildman–Crippen MR) is 61.1 cm³/mol. The maximum atomic E-state index is 11.7. The lowest BCUT2D eigenvalue weighted by Gasteiger charge is -2.11. The molecule has 0 spiro atoms. The van der Waals surface area contributed by atoms with Crippen molar-refractivity contribution in [3.63, 3.8) is 0 Å². The Morgan fingerprint density at radius 2 is 2.29 bits per heavy atom. The van der Waals surface area contributed by atoms with Crippen LogP contribution in [0.2, 0.25) is 0 Å². The van der Waals surface area contributed by atoms with Crippen LogP contribution in [0.3, 0.4) is 0 Å². The molecule has 0 aromatic heterocycles. The summed E-state index contributed by atoms with van der Waals surface area (Å²) in [4.78, 5) is 11.7. The van der Waals surface area contributed by atoms with Crippen molar-refractivity contribution in [3.05, 3.63) is 23.8 Å². The fraction of sp³-hybridized carbons (Fsp3) is 0.417. The van der Waals surface area contributed by atoms with Gasteiger partial charge in [-0.25, -0.2) is 0 Å². The molecule has 0 saturated carbocycles. The summed E-state index contributed by atoms with van der Waals surface area (Å²) in [5, 5.41) is 21.4. The van der Waals surface area contributed by atoms with Crippen LogP contribution in [-0.2, 0) is 4.74 Å². The Bertz CT molecular complexity index is 413. The minimum atomic E-state index is -0.408. The number of carbonyl (C=O) groups excluding carboxylic acids is 1. The van der Waals surface area contributed by atoms with Crippen LogP contribution in [0.1, 0.15) is 23.2 Å². The van der Waals surface area contributed by atoms with Crippen LogP contribution in [0.5, 0.6) is 11.5 Å². The van der Waals surface area contributed by atoms with Crippen molar-refractivity contribution in [1.82, 2.24) is 5.32 Å². The predicted octanol–water partition coefficient (Wildman–Crippen LogP) is 1.01. The van der Waals surface area contributed by atoms with Gasteiger partial charge >= 0.3 is 0 Å². The van der Waals surface area contributed by atoms with Gasteiger partial charge in [0.25, 0.3) is 5.91 Å². The van der Waals surface area contributed by atoms with Crippen LogP contribution < -0.4 is 5.32 Å². The lowest BCUT2D eigenvalue weighted by molar-refractivity contribution is 0.0855. The van der Waals surface area contributed by atoms with E-state index in [-0.39, 0.29) is 23.2 Å². The van der Waals surface area contributed by atoms with Crippen LogP contribution in [0.25, 0.3) is 0 Å². The summed E-state index contributed by atoms with van der Waals surface area (Å²) in [6.07, 6.45) is 2.00. The van der Waals surface area contributed by atoms with E-state index in [9.17, 15) is 15.0 Å². The smallest absolute Gasteiger partial charge is 0.255 e. The topological polar surface area (TPSA) is 78.8 Å². The van der Waals surface area contributed by atoms with E-state index in [2.05, 4.69) is 5.32 Å². The first-order chi connectivity index (χ1) is 8.16. The maximum absolute atomic E-state index is 11.7. The molecule has 0 radical (unpaired) electrons. The van der Waals surface area contributed by atoms with Crippen LogP contribution in [0.15, 0.2) is 18.2 Å². The van der Waals surface area contributed by atoms with E-state index in [0.717, 1.165) is 19.4 Å². The molecule has 5 nitrogen and oxygen atoms in total. The molecule has 1 aliphatic rings. The summed E-state index contributed by atoms with van der Waals surface area (Å²) in [7, 11) is 0. The average Bonchev–Trinajstić information content (AvgIpc) is 2.82. The number of benzene rings is 1. The van der Waals surface area contributed by atoms with Crippen LogP contribution in [0.4, 0.5) is 0 Å². The summed E-state index contributed by atoms with van der Waals surface area (Å²) in [6, 6.07) is 3.85. The number of nitrogens with one attached hydrogen (secondary N) is 1. The largest absolute Gasteiger partial charge is 0.508 e. The molecule has 0 aliphatic carbocycles. The molecule has 1 amide bonds. The van der Waals surface area contributed by atoms with Crippen molar-refractivity contribution < 1.29 is 19.7 Å². The van der Waals surface area contributed by atoms with E-state index in [4.69, 9.17) is 4.74 Å². The number of rotatable bonds is 3. The number of phenols is 2. The zero-order chi connectivity index (χ0) is 12.3. The van der Waals surface area contributed by atoms with E-state index in [1.54, 1.807) is 0 Å². The van der Waals surface area contributed by atoms with Crippen molar-refractivity contribution in [2.75, 3.05) is 13.2 Å². The fourth-order valence-electron chi connectivity index (χ4n) is 1.81. The molecule has 1 atom stereocenters. The molecule has 5 heteroatoms. The van der Waals surface area contributed by atoms with Crippen molar-refractivity contribution in [2.24, 2.45) is 0 Å². The lowest BCUT2D eigenvalue weighted by Crippen LogP contribution is -2.31. The summed E-state index contributed by atoms with van der Waals surface area (Å²) in [6.45, 7) is 1.16. The highest BCUT2D eigenvalue weighted by molar-refractivity contribution is 5.97. The highest BCUT2D eigenvalue weighted by atomic mass is 16.5. The minimum Gasteiger partial charge on any atom is -0.508 e. The second-order valence-electron chi connectivity index (χ2n) is 4.05. The summed E-state index contributed by atoms with van der Waals surface area (Å²) >= 11 is 0. The van der Waals surface area contributed by atoms with Gasteiger partial charge in [-0.1, -0.05) is 0 Å². The zero-order valence-corrected chi connectivity index (χ0v) is 9.35. The first kappa shape index (κ1) is 11.7. The molecule has 1 fully saturated rings. The Labute approximate surface area is 99.0 Å². The zero-order valence-electron chi connectivity index (χ0n) is 9.35. The van der Waals surface area contributed by atoms with Gasteiger partial charge in [0.1, 0.15) is 11.5 Å². The first-order valence-electron chi connectivity index (χ1n) is 5.58. The Kier molecular flexibility index (Phi) is 3.49. The third-order valence-corrected chi connectivity index (χ3v) is 2.74. The van der Waals surface area contributed by atoms with Crippen LogP contribution in [0, 0.1) is 0 Å². The molecular weight excluding hydrogens is 222 g/mol. The minimum absolute atomic E-state index is 0.0509. The van der Waals surface area contributed by atoms with Crippen LogP contribution >= 0.6 is 0 Å². The molecule has 1 unspecified atom stereocenters. The number of hydrogen-bond acceptors (Lipinski definition) is 4. The molecule has 3 N–H and O–H groups in total. The van der Waals surface area contributed by atoms with Gasteiger partial charge < -0.3 is 20.3 Å². The highest BCUT2D eigenvalue weighted by Gasteiger charge is 2.18. The number of phenolic OH excluding ortho intramolecular Hbond substituents is 2. The summed E-state index contributed by atoms with van der Waals surface area (Å²) in [5.74, 6) is -0.605. The standard InChI is InChI=1S/C12H15NO4/c14-8-3-4-11(15)10(6-8)12(16)13-7-9-2-1-5-17-9/h3-4,6,9,14-15H,1-2,5,7H2,(H,13,16). The summed E-state index contributed by atoms with van der Waals surface area (Å²) in [5.41, 5.74) is 0.0722. The second kappa shape index (κ2) is 5.05. The van der Waals surface area contributed by atoms with E-state index >= 15 is 0 Å². The van der Waals surface area contributed by atoms with Gasteiger partial charge in [-0.3, -0.25) is 4.79 Å². The van der Waals surface area contributed by atoms with Crippen molar-refractivity contribution in [3.8, 4) is 11.5 Å². The number of carbonyl (C=O) groups is 1. The van der Waals surface area contributed by atoms with Gasteiger partial charge in [0.2, 0.25) is 0 Å². The molecule has 1 heterocycles. The third-order valence-electron chi connectivity index (χ3n) is 2.74.